The molecule has 0 saturated heterocycles. The average molecular weight is 290 g/mol. The van der Waals surface area contributed by atoms with Gasteiger partial charge in [-0.25, -0.2) is 4.79 Å². The van der Waals surface area contributed by atoms with Crippen LogP contribution in [0.1, 0.15) is 16.8 Å². The minimum absolute atomic E-state index is 0.238. The van der Waals surface area contributed by atoms with Crippen LogP contribution >= 0.6 is 0 Å². The van der Waals surface area contributed by atoms with Crippen molar-refractivity contribution in [3.8, 4) is 0 Å². The van der Waals surface area contributed by atoms with Gasteiger partial charge in [-0.15, -0.1) is 0 Å². The molecule has 0 amide bonds. The van der Waals surface area contributed by atoms with Crippen molar-refractivity contribution in [3.63, 3.8) is 0 Å². The molecule has 0 radical (unpaired) electrons. The maximum Gasteiger partial charge on any atom is 0.391 e. The zero-order valence-corrected chi connectivity index (χ0v) is 10.5. The number of nitrogens with one attached hydrogen (secondary N) is 2. The van der Waals surface area contributed by atoms with Crippen LogP contribution in [0.3, 0.4) is 0 Å². The number of halogens is 3. The van der Waals surface area contributed by atoms with Crippen LogP contribution in [-0.2, 0) is 4.74 Å². The van der Waals surface area contributed by atoms with Crippen LogP contribution in [0.25, 0.3) is 0 Å². The van der Waals surface area contributed by atoms with Crippen LogP contribution in [0.5, 0.6) is 0 Å². The predicted octanol–water partition coefficient (Wildman–Crippen LogP) is 1.95. The molecule has 2 rings (SSSR count). The summed E-state index contributed by atoms with van der Waals surface area (Å²) in [5.74, 6) is -0.568. The Morgan fingerprint density at radius 2 is 2.05 bits per heavy atom. The molecule has 20 heavy (non-hydrogen) atoms. The summed E-state index contributed by atoms with van der Waals surface area (Å²) in [6.45, 7) is 0. The number of benzene rings is 1. The van der Waals surface area contributed by atoms with E-state index >= 15 is 0 Å². The number of esters is 1. The van der Waals surface area contributed by atoms with E-state index in [0.29, 0.717) is 11.4 Å². The lowest BCUT2D eigenvalue weighted by Crippen LogP contribution is -2.45. The molecule has 0 aliphatic carbocycles. The Bertz CT molecular complexity index is 519. The number of fused-ring (bicyclic) bond motifs is 1. The van der Waals surface area contributed by atoms with Crippen molar-refractivity contribution < 1.29 is 27.8 Å². The molecule has 2 atom stereocenters. The van der Waals surface area contributed by atoms with Crippen LogP contribution in [0.4, 0.5) is 24.5 Å². The van der Waals surface area contributed by atoms with Gasteiger partial charge in [0.05, 0.1) is 36.5 Å². The third-order valence-corrected chi connectivity index (χ3v) is 2.92. The summed E-state index contributed by atoms with van der Waals surface area (Å²) in [4.78, 5) is 11.4. The predicted molar refractivity (Wildman–Crippen MR) is 65.5 cm³/mol. The molecule has 8 heteroatoms. The number of methoxy groups -OCH3 is 1. The van der Waals surface area contributed by atoms with Crippen molar-refractivity contribution in [1.29, 1.82) is 0 Å². The second kappa shape index (κ2) is 5.20. The molecule has 0 saturated carbocycles. The minimum Gasteiger partial charge on any atom is -0.465 e. The van der Waals surface area contributed by atoms with E-state index in [1.165, 1.54) is 25.3 Å². The van der Waals surface area contributed by atoms with E-state index in [1.807, 2.05) is 0 Å². The molecule has 1 aliphatic heterocycles. The summed E-state index contributed by atoms with van der Waals surface area (Å²) in [6.07, 6.45) is -6.96. The molecule has 0 spiro atoms. The van der Waals surface area contributed by atoms with Gasteiger partial charge in [-0.3, -0.25) is 0 Å². The standard InChI is InChI=1S/C12H13F3N2O3/c1-20-11(19)6-2-3-7-8(4-6)17-10(18)9(16-7)5-12(13,14)15/h2-4,9-10,16-18H,5H2,1H3. The van der Waals surface area contributed by atoms with Crippen LogP contribution in [0.2, 0.25) is 0 Å². The molecular weight excluding hydrogens is 277 g/mol. The Morgan fingerprint density at radius 3 is 2.65 bits per heavy atom. The Labute approximate surface area is 112 Å². The van der Waals surface area contributed by atoms with Gasteiger partial charge in [-0.1, -0.05) is 0 Å². The van der Waals surface area contributed by atoms with Gasteiger partial charge in [-0.05, 0) is 18.2 Å². The number of aliphatic hydroxyl groups is 1. The number of hydrogen-bond donors (Lipinski definition) is 3. The molecule has 0 aromatic heterocycles. The van der Waals surface area contributed by atoms with Gasteiger partial charge in [-0.2, -0.15) is 13.2 Å². The van der Waals surface area contributed by atoms with E-state index in [9.17, 15) is 23.1 Å². The lowest BCUT2D eigenvalue weighted by Gasteiger charge is -2.33. The summed E-state index contributed by atoms with van der Waals surface area (Å²) < 4.78 is 41.6. The number of carbonyl (C=O) groups excluding carboxylic acids is 1. The van der Waals surface area contributed by atoms with Gasteiger partial charge in [0.25, 0.3) is 0 Å². The van der Waals surface area contributed by atoms with E-state index < -0.39 is 30.8 Å². The normalized spacial score (nSPS) is 21.4. The molecule has 1 aliphatic rings. The maximum atomic E-state index is 12.4. The zero-order valence-electron chi connectivity index (χ0n) is 10.5. The number of ether oxygens (including phenoxy) is 1. The monoisotopic (exact) mass is 290 g/mol. The van der Waals surface area contributed by atoms with Crippen molar-refractivity contribution in [2.24, 2.45) is 0 Å². The Morgan fingerprint density at radius 1 is 1.35 bits per heavy atom. The summed E-state index contributed by atoms with van der Waals surface area (Å²) in [5, 5.41) is 14.8. The summed E-state index contributed by atoms with van der Waals surface area (Å²) in [6, 6.07) is 3.11. The summed E-state index contributed by atoms with van der Waals surface area (Å²) in [5.41, 5.74) is 0.970. The minimum atomic E-state index is -4.39. The first-order valence-electron chi connectivity index (χ1n) is 5.80. The van der Waals surface area contributed by atoms with E-state index in [4.69, 9.17) is 0 Å². The molecule has 0 bridgehead atoms. The molecule has 110 valence electrons. The first-order valence-corrected chi connectivity index (χ1v) is 5.80. The molecule has 5 nitrogen and oxygen atoms in total. The molecule has 1 heterocycles. The fourth-order valence-electron chi connectivity index (χ4n) is 1.98. The van der Waals surface area contributed by atoms with Crippen molar-refractivity contribution in [2.45, 2.75) is 24.9 Å². The van der Waals surface area contributed by atoms with Gasteiger partial charge in [0.2, 0.25) is 0 Å². The van der Waals surface area contributed by atoms with Gasteiger partial charge < -0.3 is 20.5 Å². The fraction of sp³-hybridized carbons (Fsp3) is 0.417. The van der Waals surface area contributed by atoms with E-state index in [0.717, 1.165) is 0 Å². The summed E-state index contributed by atoms with van der Waals surface area (Å²) >= 11 is 0. The SMILES string of the molecule is COC(=O)c1ccc2c(c1)NC(O)C(CC(F)(F)F)N2. The Kier molecular flexibility index (Phi) is 3.76. The number of alkyl halides is 3. The van der Waals surface area contributed by atoms with Crippen molar-refractivity contribution in [3.05, 3.63) is 23.8 Å². The third-order valence-electron chi connectivity index (χ3n) is 2.92. The molecule has 1 aromatic carbocycles. The number of aliphatic hydroxyl groups excluding tert-OH is 1. The molecule has 1 aromatic rings. The van der Waals surface area contributed by atoms with E-state index in [1.54, 1.807) is 0 Å². The Hall–Kier alpha value is -1.96. The van der Waals surface area contributed by atoms with Gasteiger partial charge in [0, 0.05) is 0 Å². The Balaban J connectivity index is 2.21. The second-order valence-corrected chi connectivity index (χ2v) is 4.41. The molecule has 3 N–H and O–H groups in total. The van der Waals surface area contributed by atoms with Crippen LogP contribution in [0.15, 0.2) is 18.2 Å². The van der Waals surface area contributed by atoms with Crippen LogP contribution in [0, 0.1) is 0 Å². The molecular formula is C12H13F3N2O3. The number of rotatable bonds is 2. The highest BCUT2D eigenvalue weighted by atomic mass is 19.4. The first kappa shape index (κ1) is 14.4. The quantitative estimate of drug-likeness (QED) is 0.726. The number of anilines is 2. The van der Waals surface area contributed by atoms with Gasteiger partial charge in [0.15, 0.2) is 0 Å². The van der Waals surface area contributed by atoms with Crippen molar-refractivity contribution in [2.75, 3.05) is 17.7 Å². The zero-order chi connectivity index (χ0) is 14.9. The van der Waals surface area contributed by atoms with Gasteiger partial charge in [0.1, 0.15) is 6.23 Å². The third kappa shape index (κ3) is 3.13. The van der Waals surface area contributed by atoms with Crippen molar-refractivity contribution >= 4 is 17.3 Å². The lowest BCUT2D eigenvalue weighted by molar-refractivity contribution is -0.141. The number of hydrogen-bond acceptors (Lipinski definition) is 5. The molecule has 2 unspecified atom stereocenters. The molecule has 0 fully saturated rings. The van der Waals surface area contributed by atoms with Crippen LogP contribution in [-0.4, -0.2) is 36.6 Å². The highest BCUT2D eigenvalue weighted by Crippen LogP contribution is 2.33. The fourth-order valence-corrected chi connectivity index (χ4v) is 1.98. The maximum absolute atomic E-state index is 12.4. The van der Waals surface area contributed by atoms with Crippen LogP contribution < -0.4 is 10.6 Å². The first-order chi connectivity index (χ1) is 9.30. The highest BCUT2D eigenvalue weighted by molar-refractivity contribution is 5.92. The largest absolute Gasteiger partial charge is 0.465 e. The second-order valence-electron chi connectivity index (χ2n) is 4.41. The van der Waals surface area contributed by atoms with E-state index in [-0.39, 0.29) is 5.56 Å². The van der Waals surface area contributed by atoms with Gasteiger partial charge >= 0.3 is 12.1 Å². The summed E-state index contributed by atoms with van der Waals surface area (Å²) in [7, 11) is 1.22. The van der Waals surface area contributed by atoms with E-state index in [2.05, 4.69) is 15.4 Å². The smallest absolute Gasteiger partial charge is 0.391 e. The number of carbonyl (C=O) groups is 1. The van der Waals surface area contributed by atoms with Crippen molar-refractivity contribution in [1.82, 2.24) is 0 Å². The topological polar surface area (TPSA) is 70.6 Å². The highest BCUT2D eigenvalue weighted by Gasteiger charge is 2.37. The lowest BCUT2D eigenvalue weighted by atomic mass is 10.1. The average Bonchev–Trinajstić information content (AvgIpc) is 2.36.